The summed E-state index contributed by atoms with van der Waals surface area (Å²) in [6.45, 7) is 10.2. The van der Waals surface area contributed by atoms with Gasteiger partial charge in [0.1, 0.15) is 6.04 Å². The molecule has 1 unspecified atom stereocenters. The highest BCUT2D eigenvalue weighted by molar-refractivity contribution is 5.73. The lowest BCUT2D eigenvalue weighted by Gasteiger charge is -2.09. The zero-order valence-corrected chi connectivity index (χ0v) is 10.0. The van der Waals surface area contributed by atoms with E-state index in [2.05, 4.69) is 33.0 Å². The monoisotopic (exact) mass is 214 g/mol. The molecule has 0 aliphatic heterocycles. The Morgan fingerprint density at radius 2 is 1.87 bits per heavy atom. The zero-order chi connectivity index (χ0) is 11.9. The summed E-state index contributed by atoms with van der Waals surface area (Å²) in [5.41, 5.74) is 6.08. The van der Waals surface area contributed by atoms with Gasteiger partial charge in [-0.1, -0.05) is 27.7 Å². The topological polar surface area (TPSA) is 75.3 Å². The highest BCUT2D eigenvalue weighted by Gasteiger charge is 2.63. The van der Waals surface area contributed by atoms with Crippen LogP contribution in [0.4, 0.5) is 0 Å². The van der Waals surface area contributed by atoms with Gasteiger partial charge in [-0.05, 0) is 23.3 Å². The van der Waals surface area contributed by atoms with Gasteiger partial charge in [0.15, 0.2) is 0 Å². The van der Waals surface area contributed by atoms with E-state index >= 15 is 0 Å². The Labute approximate surface area is 91.2 Å². The van der Waals surface area contributed by atoms with Crippen molar-refractivity contribution < 1.29 is 9.90 Å². The normalized spacial score (nSPS) is 24.9. The minimum Gasteiger partial charge on any atom is -0.480 e. The molecule has 4 heteroatoms. The van der Waals surface area contributed by atoms with Crippen LogP contribution in [-0.2, 0) is 4.79 Å². The first kappa shape index (κ1) is 12.5. The maximum atomic E-state index is 10.5. The highest BCUT2D eigenvalue weighted by Crippen LogP contribution is 2.67. The summed E-state index contributed by atoms with van der Waals surface area (Å²) >= 11 is 0. The molecule has 1 saturated carbocycles. The molecule has 88 valence electrons. The van der Waals surface area contributed by atoms with E-state index in [9.17, 15) is 4.79 Å². The zero-order valence-electron chi connectivity index (χ0n) is 10.0. The number of carboxylic acids is 1. The third-order valence-electron chi connectivity index (χ3n) is 4.35. The first-order valence-corrected chi connectivity index (χ1v) is 5.40. The second-order valence-electron chi connectivity index (χ2n) is 5.60. The summed E-state index contributed by atoms with van der Waals surface area (Å²) < 4.78 is 0. The predicted octanol–water partition coefficient (Wildman–Crippen LogP) is 0.670. The van der Waals surface area contributed by atoms with Crippen molar-refractivity contribution in [2.45, 2.75) is 33.7 Å². The van der Waals surface area contributed by atoms with Crippen molar-refractivity contribution in [1.29, 1.82) is 0 Å². The van der Waals surface area contributed by atoms with Crippen LogP contribution in [0.5, 0.6) is 0 Å². The summed E-state index contributed by atoms with van der Waals surface area (Å²) in [6, 6.07) is -0.796. The Morgan fingerprint density at radius 3 is 2.20 bits per heavy atom. The van der Waals surface area contributed by atoms with E-state index in [-0.39, 0.29) is 0 Å². The SMILES string of the molecule is CC1(C)C(CNCC(N)C(=O)O)C1(C)C. The molecule has 1 fully saturated rings. The number of nitrogens with two attached hydrogens (primary N) is 1. The van der Waals surface area contributed by atoms with Crippen LogP contribution in [0.25, 0.3) is 0 Å². The van der Waals surface area contributed by atoms with Crippen LogP contribution >= 0.6 is 0 Å². The summed E-state index contributed by atoms with van der Waals surface area (Å²) in [6.07, 6.45) is 0. The number of aliphatic carboxylic acids is 1. The third kappa shape index (κ3) is 2.16. The fourth-order valence-electron chi connectivity index (χ4n) is 2.31. The van der Waals surface area contributed by atoms with Gasteiger partial charge >= 0.3 is 5.97 Å². The Balaban J connectivity index is 2.27. The summed E-state index contributed by atoms with van der Waals surface area (Å²) in [5.74, 6) is -0.345. The fourth-order valence-corrected chi connectivity index (χ4v) is 2.31. The van der Waals surface area contributed by atoms with E-state index in [0.717, 1.165) is 6.54 Å². The van der Waals surface area contributed by atoms with Crippen LogP contribution in [0, 0.1) is 16.7 Å². The lowest BCUT2D eigenvalue weighted by atomic mass is 10.0. The second-order valence-corrected chi connectivity index (χ2v) is 5.60. The Bertz CT molecular complexity index is 247. The molecule has 4 nitrogen and oxygen atoms in total. The molecule has 0 aromatic heterocycles. The van der Waals surface area contributed by atoms with Gasteiger partial charge in [0, 0.05) is 6.54 Å². The van der Waals surface area contributed by atoms with Crippen molar-refractivity contribution in [2.75, 3.05) is 13.1 Å². The van der Waals surface area contributed by atoms with Crippen LogP contribution < -0.4 is 11.1 Å². The maximum Gasteiger partial charge on any atom is 0.321 e. The van der Waals surface area contributed by atoms with E-state index in [1.165, 1.54) is 0 Å². The average Bonchev–Trinajstić information content (AvgIpc) is 2.46. The van der Waals surface area contributed by atoms with Crippen LogP contribution in [-0.4, -0.2) is 30.2 Å². The second kappa shape index (κ2) is 3.76. The molecular formula is C11H22N2O2. The molecular weight excluding hydrogens is 192 g/mol. The minimum atomic E-state index is -0.947. The molecule has 1 aliphatic rings. The quantitative estimate of drug-likeness (QED) is 0.629. The molecule has 0 spiro atoms. The molecule has 1 aliphatic carbocycles. The van der Waals surface area contributed by atoms with Gasteiger partial charge in [-0.25, -0.2) is 0 Å². The van der Waals surface area contributed by atoms with E-state index in [4.69, 9.17) is 10.8 Å². The van der Waals surface area contributed by atoms with Crippen LogP contribution in [0.1, 0.15) is 27.7 Å². The molecule has 15 heavy (non-hydrogen) atoms. The Morgan fingerprint density at radius 1 is 1.40 bits per heavy atom. The summed E-state index contributed by atoms with van der Waals surface area (Å²) in [4.78, 5) is 10.5. The predicted molar refractivity (Wildman–Crippen MR) is 59.5 cm³/mol. The van der Waals surface area contributed by atoms with Gasteiger partial charge in [-0.2, -0.15) is 0 Å². The number of rotatable bonds is 5. The first-order chi connectivity index (χ1) is 6.71. The standard InChI is InChI=1S/C11H22N2O2/c1-10(2)8(11(10,3)4)6-13-5-7(12)9(14)15/h7-8,13H,5-6,12H2,1-4H3,(H,14,15). The van der Waals surface area contributed by atoms with Crippen molar-refractivity contribution in [2.24, 2.45) is 22.5 Å². The smallest absolute Gasteiger partial charge is 0.321 e. The van der Waals surface area contributed by atoms with E-state index in [1.54, 1.807) is 0 Å². The lowest BCUT2D eigenvalue weighted by molar-refractivity contribution is -0.138. The molecule has 0 saturated heterocycles. The molecule has 0 bridgehead atoms. The first-order valence-electron chi connectivity index (χ1n) is 5.40. The maximum absolute atomic E-state index is 10.5. The molecule has 4 N–H and O–H groups in total. The highest BCUT2D eigenvalue weighted by atomic mass is 16.4. The average molecular weight is 214 g/mol. The van der Waals surface area contributed by atoms with Crippen molar-refractivity contribution in [3.05, 3.63) is 0 Å². The van der Waals surface area contributed by atoms with Crippen molar-refractivity contribution in [1.82, 2.24) is 5.32 Å². The van der Waals surface area contributed by atoms with Crippen molar-refractivity contribution >= 4 is 5.97 Å². The number of hydrogen-bond donors (Lipinski definition) is 3. The van der Waals surface area contributed by atoms with Crippen LogP contribution in [0.3, 0.4) is 0 Å². The van der Waals surface area contributed by atoms with Crippen molar-refractivity contribution in [3.8, 4) is 0 Å². The van der Waals surface area contributed by atoms with Gasteiger partial charge < -0.3 is 16.2 Å². The minimum absolute atomic E-state index is 0.341. The lowest BCUT2D eigenvalue weighted by Crippen LogP contribution is -2.41. The fraction of sp³-hybridized carbons (Fsp3) is 0.909. The molecule has 1 atom stereocenters. The van der Waals surface area contributed by atoms with E-state index in [0.29, 0.717) is 23.3 Å². The Hall–Kier alpha value is -0.610. The van der Waals surface area contributed by atoms with Gasteiger partial charge in [0.2, 0.25) is 0 Å². The van der Waals surface area contributed by atoms with Crippen molar-refractivity contribution in [3.63, 3.8) is 0 Å². The molecule has 0 amide bonds. The van der Waals surface area contributed by atoms with Gasteiger partial charge in [-0.3, -0.25) is 4.79 Å². The number of carboxylic acid groups (broad SMARTS) is 1. The molecule has 0 radical (unpaired) electrons. The van der Waals surface area contributed by atoms with Gasteiger partial charge in [0.05, 0.1) is 0 Å². The molecule has 0 aromatic rings. The number of carbonyl (C=O) groups is 1. The largest absolute Gasteiger partial charge is 0.480 e. The van der Waals surface area contributed by atoms with Gasteiger partial charge in [-0.15, -0.1) is 0 Å². The molecule has 1 rings (SSSR count). The molecule has 0 aromatic carbocycles. The summed E-state index contributed by atoms with van der Waals surface area (Å²) in [7, 11) is 0. The van der Waals surface area contributed by atoms with Crippen LogP contribution in [0.2, 0.25) is 0 Å². The molecule has 0 heterocycles. The van der Waals surface area contributed by atoms with Gasteiger partial charge in [0.25, 0.3) is 0 Å². The number of hydrogen-bond acceptors (Lipinski definition) is 3. The van der Waals surface area contributed by atoms with Crippen LogP contribution in [0.15, 0.2) is 0 Å². The van der Waals surface area contributed by atoms with E-state index < -0.39 is 12.0 Å². The Kier molecular flexibility index (Phi) is 3.12. The summed E-state index contributed by atoms with van der Waals surface area (Å²) in [5, 5.41) is 11.7. The van der Waals surface area contributed by atoms with E-state index in [1.807, 2.05) is 0 Å². The third-order valence-corrected chi connectivity index (χ3v) is 4.35. The number of nitrogens with one attached hydrogen (secondary N) is 1.